The molecule has 0 aliphatic rings. The van der Waals surface area contributed by atoms with Crippen molar-refractivity contribution in [2.45, 2.75) is 24.3 Å². The summed E-state index contributed by atoms with van der Waals surface area (Å²) in [7, 11) is -2.62. The van der Waals surface area contributed by atoms with E-state index in [4.69, 9.17) is 9.47 Å². The molecule has 0 spiro atoms. The highest BCUT2D eigenvalue weighted by Gasteiger charge is 2.26. The van der Waals surface area contributed by atoms with Crippen molar-refractivity contribution >= 4 is 38.1 Å². The number of hydrogen-bond acceptors (Lipinski definition) is 6. The lowest BCUT2D eigenvalue weighted by atomic mass is 10.1. The van der Waals surface area contributed by atoms with E-state index in [1.807, 2.05) is 30.5 Å². The molecule has 3 rings (SSSR count). The third-order valence-corrected chi connectivity index (χ3v) is 6.73. The zero-order valence-electron chi connectivity index (χ0n) is 15.5. The Labute approximate surface area is 168 Å². The van der Waals surface area contributed by atoms with E-state index < -0.39 is 22.0 Å². The van der Waals surface area contributed by atoms with Gasteiger partial charge in [-0.15, -0.1) is 11.3 Å². The Bertz CT molecular complexity index is 1060. The molecule has 1 atom stereocenters. The Morgan fingerprint density at radius 2 is 1.86 bits per heavy atom. The highest BCUT2D eigenvalue weighted by atomic mass is 32.2. The van der Waals surface area contributed by atoms with Gasteiger partial charge in [-0.2, -0.15) is 0 Å². The summed E-state index contributed by atoms with van der Waals surface area (Å²) in [5, 5.41) is 3.11. The molecule has 0 aliphatic heterocycles. The number of carbonyl (C=O) groups excluding carboxylic acids is 1. The number of rotatable bonds is 8. The molecule has 148 valence electrons. The second kappa shape index (κ2) is 8.72. The topological polar surface area (TPSA) is 81.7 Å². The molecule has 6 nitrogen and oxygen atoms in total. The van der Waals surface area contributed by atoms with Crippen LogP contribution in [0, 0.1) is 0 Å². The van der Waals surface area contributed by atoms with E-state index in [9.17, 15) is 13.2 Å². The summed E-state index contributed by atoms with van der Waals surface area (Å²) < 4.78 is 39.4. The summed E-state index contributed by atoms with van der Waals surface area (Å²) in [6.07, 6.45) is -0.0921. The van der Waals surface area contributed by atoms with E-state index >= 15 is 0 Å². The van der Waals surface area contributed by atoms with Crippen molar-refractivity contribution in [3.63, 3.8) is 0 Å². The number of nitrogens with one attached hydrogen (secondary N) is 1. The number of hydrogen-bond donors (Lipinski definition) is 1. The number of methoxy groups -OCH3 is 1. The average Bonchev–Trinajstić information content (AvgIpc) is 3.22. The molecule has 0 amide bonds. The van der Waals surface area contributed by atoms with E-state index in [1.165, 1.54) is 24.5 Å². The molecule has 1 aromatic heterocycles. The van der Waals surface area contributed by atoms with Crippen molar-refractivity contribution < 1.29 is 22.7 Å². The van der Waals surface area contributed by atoms with Crippen molar-refractivity contribution in [2.75, 3.05) is 13.7 Å². The molecule has 2 aromatic carbocycles. The highest BCUT2D eigenvalue weighted by Crippen LogP contribution is 2.32. The van der Waals surface area contributed by atoms with Gasteiger partial charge in [0.15, 0.2) is 0 Å². The van der Waals surface area contributed by atoms with Gasteiger partial charge in [0.05, 0.1) is 31.1 Å². The third kappa shape index (κ3) is 4.35. The molecule has 0 bridgehead atoms. The van der Waals surface area contributed by atoms with Crippen molar-refractivity contribution in [1.29, 1.82) is 0 Å². The Morgan fingerprint density at radius 3 is 2.50 bits per heavy atom. The van der Waals surface area contributed by atoms with Gasteiger partial charge in [0.1, 0.15) is 5.75 Å². The molecule has 0 radical (unpaired) electrons. The van der Waals surface area contributed by atoms with Crippen LogP contribution in [0.4, 0.5) is 0 Å². The van der Waals surface area contributed by atoms with Crippen LogP contribution in [0.15, 0.2) is 58.8 Å². The average molecular weight is 420 g/mol. The third-order valence-electron chi connectivity index (χ3n) is 4.22. The fourth-order valence-electron chi connectivity index (χ4n) is 2.95. The summed E-state index contributed by atoms with van der Waals surface area (Å²) in [5.41, 5.74) is 0. The Hall–Kier alpha value is -2.42. The van der Waals surface area contributed by atoms with Gasteiger partial charge >= 0.3 is 5.97 Å². The number of carbonyl (C=O) groups is 1. The van der Waals surface area contributed by atoms with Crippen LogP contribution in [0.1, 0.15) is 24.3 Å². The Kier molecular flexibility index (Phi) is 6.33. The van der Waals surface area contributed by atoms with Crippen molar-refractivity contribution in [3.05, 3.63) is 58.8 Å². The van der Waals surface area contributed by atoms with Crippen molar-refractivity contribution in [1.82, 2.24) is 4.72 Å². The summed E-state index contributed by atoms with van der Waals surface area (Å²) in [4.78, 5) is 12.7. The van der Waals surface area contributed by atoms with Gasteiger partial charge in [-0.25, -0.2) is 13.1 Å². The van der Waals surface area contributed by atoms with Gasteiger partial charge in [-0.1, -0.05) is 30.3 Å². The fourth-order valence-corrected chi connectivity index (χ4v) is 5.23. The maximum absolute atomic E-state index is 13.2. The lowest BCUT2D eigenvalue weighted by Gasteiger charge is -2.18. The highest BCUT2D eigenvalue weighted by molar-refractivity contribution is 7.89. The molecule has 8 heteroatoms. The van der Waals surface area contributed by atoms with Crippen molar-refractivity contribution in [3.8, 4) is 5.75 Å². The lowest BCUT2D eigenvalue weighted by molar-refractivity contribution is -0.141. The molecule has 0 saturated heterocycles. The van der Waals surface area contributed by atoms with Crippen LogP contribution in [0.2, 0.25) is 0 Å². The zero-order chi connectivity index (χ0) is 20.1. The zero-order valence-corrected chi connectivity index (χ0v) is 17.2. The molecule has 1 heterocycles. The smallest absolute Gasteiger partial charge is 0.307 e. The predicted octanol–water partition coefficient (Wildman–Crippen LogP) is 3.88. The summed E-state index contributed by atoms with van der Waals surface area (Å²) in [5.74, 6) is 0.138. The van der Waals surface area contributed by atoms with E-state index in [0.717, 1.165) is 4.88 Å². The van der Waals surface area contributed by atoms with Crippen LogP contribution in [0.25, 0.3) is 10.8 Å². The molecule has 28 heavy (non-hydrogen) atoms. The molecule has 0 saturated carbocycles. The molecule has 0 aliphatic carbocycles. The van der Waals surface area contributed by atoms with E-state index in [0.29, 0.717) is 23.1 Å². The van der Waals surface area contributed by atoms with Gasteiger partial charge in [0, 0.05) is 15.6 Å². The molecular weight excluding hydrogens is 398 g/mol. The largest absolute Gasteiger partial charge is 0.493 e. The minimum atomic E-state index is -3.90. The number of thiophene rings is 1. The van der Waals surface area contributed by atoms with Gasteiger partial charge in [0.25, 0.3) is 0 Å². The molecule has 1 unspecified atom stereocenters. The van der Waals surface area contributed by atoms with Crippen LogP contribution < -0.4 is 9.46 Å². The van der Waals surface area contributed by atoms with Gasteiger partial charge in [-0.3, -0.25) is 4.79 Å². The van der Waals surface area contributed by atoms with E-state index in [2.05, 4.69) is 4.72 Å². The molecule has 0 fully saturated rings. The first-order chi connectivity index (χ1) is 13.5. The SMILES string of the molecule is CCOc1ccc(S(=O)(=O)NC(CC(=O)OC)c2cccs2)c2ccccc12. The van der Waals surface area contributed by atoms with Gasteiger partial charge < -0.3 is 9.47 Å². The standard InChI is InChI=1S/C20H21NO5S2/c1-3-26-17-10-11-19(15-8-5-4-7-14(15)17)28(23,24)21-16(13-20(22)25-2)18-9-6-12-27-18/h4-12,16,21H,3,13H2,1-2H3. The number of fused-ring (bicyclic) bond motifs is 1. The summed E-state index contributed by atoms with van der Waals surface area (Å²) in [6.45, 7) is 2.35. The van der Waals surface area contributed by atoms with Gasteiger partial charge in [-0.05, 0) is 30.5 Å². The number of esters is 1. The molecular formula is C20H21NO5S2. The first-order valence-corrected chi connectivity index (χ1v) is 11.1. The van der Waals surface area contributed by atoms with E-state index in [1.54, 1.807) is 24.3 Å². The number of ether oxygens (including phenoxy) is 2. The first-order valence-electron chi connectivity index (χ1n) is 8.73. The molecule has 1 N–H and O–H groups in total. The number of benzene rings is 2. The second-order valence-corrected chi connectivity index (χ2v) is 8.67. The minimum absolute atomic E-state index is 0.0921. The predicted molar refractivity (Wildman–Crippen MR) is 109 cm³/mol. The van der Waals surface area contributed by atoms with Crippen LogP contribution in [-0.4, -0.2) is 28.1 Å². The summed E-state index contributed by atoms with van der Waals surface area (Å²) in [6, 6.07) is 13.3. The van der Waals surface area contributed by atoms with Crippen LogP contribution in [-0.2, 0) is 19.6 Å². The monoisotopic (exact) mass is 419 g/mol. The van der Waals surface area contributed by atoms with Crippen molar-refractivity contribution in [2.24, 2.45) is 0 Å². The normalized spacial score (nSPS) is 12.6. The fraction of sp³-hybridized carbons (Fsp3) is 0.250. The Morgan fingerprint density at radius 1 is 1.11 bits per heavy atom. The second-order valence-electron chi connectivity index (χ2n) is 6.01. The Balaban J connectivity index is 2.02. The quantitative estimate of drug-likeness (QED) is 0.560. The maximum atomic E-state index is 13.2. The first kappa shape index (κ1) is 20.3. The van der Waals surface area contributed by atoms with Crippen LogP contribution in [0.5, 0.6) is 5.75 Å². The minimum Gasteiger partial charge on any atom is -0.493 e. The maximum Gasteiger partial charge on any atom is 0.307 e. The van der Waals surface area contributed by atoms with E-state index in [-0.39, 0.29) is 11.3 Å². The van der Waals surface area contributed by atoms with Gasteiger partial charge in [0.2, 0.25) is 10.0 Å². The van der Waals surface area contributed by atoms with Crippen LogP contribution in [0.3, 0.4) is 0 Å². The van der Waals surface area contributed by atoms with Crippen LogP contribution >= 0.6 is 11.3 Å². The molecule has 3 aromatic rings. The number of sulfonamides is 1. The summed E-state index contributed by atoms with van der Waals surface area (Å²) >= 11 is 1.38. The lowest BCUT2D eigenvalue weighted by Crippen LogP contribution is -2.30.